The van der Waals surface area contributed by atoms with E-state index in [0.717, 1.165) is 29.7 Å². The van der Waals surface area contributed by atoms with Crippen molar-refractivity contribution in [3.05, 3.63) is 106 Å². The fraction of sp³-hybridized carbons (Fsp3) is 0.276. The number of nitrogens with one attached hydrogen (secondary N) is 1. The van der Waals surface area contributed by atoms with Crippen LogP contribution in [-0.2, 0) is 11.3 Å². The van der Waals surface area contributed by atoms with Crippen LogP contribution in [0.3, 0.4) is 0 Å². The maximum absolute atomic E-state index is 13.0. The second-order valence-electron chi connectivity index (χ2n) is 9.18. The Morgan fingerprint density at radius 2 is 1.79 bits per heavy atom. The molecule has 0 aliphatic rings. The van der Waals surface area contributed by atoms with E-state index >= 15 is 0 Å². The lowest BCUT2D eigenvalue weighted by molar-refractivity contribution is -0.121. The van der Waals surface area contributed by atoms with E-state index in [1.54, 1.807) is 0 Å². The molecular weight excluding hydrogens is 442 g/mol. The van der Waals surface area contributed by atoms with Crippen molar-refractivity contribution in [2.75, 3.05) is 27.2 Å². The number of likely N-dealkylation sites (N-methyl/N-ethyl adjacent to an activating group) is 1. The fourth-order valence-electron chi connectivity index (χ4n) is 4.38. The van der Waals surface area contributed by atoms with Crippen LogP contribution in [0, 0.1) is 6.92 Å². The van der Waals surface area contributed by atoms with Gasteiger partial charge < -0.3 is 14.8 Å². The molecule has 4 nitrogen and oxygen atoms in total. The van der Waals surface area contributed by atoms with Gasteiger partial charge in [0, 0.05) is 54.1 Å². The molecule has 1 unspecified atom stereocenters. The van der Waals surface area contributed by atoms with Gasteiger partial charge in [0.05, 0.1) is 0 Å². The first-order chi connectivity index (χ1) is 16.4. The first kappa shape index (κ1) is 24.1. The molecule has 0 saturated heterocycles. The van der Waals surface area contributed by atoms with E-state index in [1.165, 1.54) is 16.5 Å². The Morgan fingerprint density at radius 1 is 1.03 bits per heavy atom. The molecule has 0 fully saturated rings. The highest BCUT2D eigenvalue weighted by atomic mass is 35.5. The summed E-state index contributed by atoms with van der Waals surface area (Å²) in [5, 5.41) is 4.93. The molecule has 1 aromatic heterocycles. The van der Waals surface area contributed by atoms with Crippen molar-refractivity contribution in [1.82, 2.24) is 14.8 Å². The molecule has 0 spiro atoms. The van der Waals surface area contributed by atoms with E-state index in [1.807, 2.05) is 32.3 Å². The topological polar surface area (TPSA) is 37.3 Å². The Labute approximate surface area is 207 Å². The summed E-state index contributed by atoms with van der Waals surface area (Å²) in [5.74, 6) is -0.0515. The molecule has 1 amide bonds. The lowest BCUT2D eigenvalue weighted by Gasteiger charge is -2.18. The van der Waals surface area contributed by atoms with Crippen LogP contribution in [0.4, 0.5) is 0 Å². The maximum atomic E-state index is 13.0. The maximum Gasteiger partial charge on any atom is 0.220 e. The van der Waals surface area contributed by atoms with E-state index in [-0.39, 0.29) is 11.8 Å². The van der Waals surface area contributed by atoms with E-state index in [2.05, 4.69) is 82.5 Å². The molecule has 4 rings (SSSR count). The first-order valence-electron chi connectivity index (χ1n) is 11.7. The molecule has 1 heterocycles. The quantitative estimate of drug-likeness (QED) is 0.331. The number of amides is 1. The standard InChI is InChI=1S/C29H32ClN3O/c1-21-11-13-22(14-12-21)19-33-20-27(25-9-4-5-10-28(25)33)26(23-7-6-8-24(30)17-23)18-29(34)31-15-16-32(2)3/h4-14,17,20,26H,15-16,18-19H2,1-3H3,(H,31,34). The molecule has 5 heteroatoms. The monoisotopic (exact) mass is 473 g/mol. The molecule has 0 radical (unpaired) electrons. The van der Waals surface area contributed by atoms with Crippen molar-refractivity contribution in [3.63, 3.8) is 0 Å². The summed E-state index contributed by atoms with van der Waals surface area (Å²) in [6, 6.07) is 25.0. The van der Waals surface area contributed by atoms with Crippen LogP contribution in [0.15, 0.2) is 79.0 Å². The lowest BCUT2D eigenvalue weighted by Crippen LogP contribution is -2.32. The second kappa shape index (κ2) is 10.9. The van der Waals surface area contributed by atoms with Crippen LogP contribution in [0.2, 0.25) is 5.02 Å². The van der Waals surface area contributed by atoms with Crippen LogP contribution in [0.5, 0.6) is 0 Å². The predicted molar refractivity (Wildman–Crippen MR) is 142 cm³/mol. The first-order valence-corrected chi connectivity index (χ1v) is 12.1. The van der Waals surface area contributed by atoms with Crippen LogP contribution in [-0.4, -0.2) is 42.6 Å². The third kappa shape index (κ3) is 5.88. The van der Waals surface area contributed by atoms with Gasteiger partial charge in [0.2, 0.25) is 5.91 Å². The molecule has 0 saturated carbocycles. The zero-order chi connectivity index (χ0) is 24.1. The normalized spacial score (nSPS) is 12.3. The van der Waals surface area contributed by atoms with Crippen molar-refractivity contribution in [1.29, 1.82) is 0 Å². The van der Waals surface area contributed by atoms with Gasteiger partial charge in [-0.2, -0.15) is 0 Å². The van der Waals surface area contributed by atoms with Gasteiger partial charge in [-0.05, 0) is 55.9 Å². The molecule has 34 heavy (non-hydrogen) atoms. The van der Waals surface area contributed by atoms with Gasteiger partial charge in [0.25, 0.3) is 0 Å². The summed E-state index contributed by atoms with van der Waals surface area (Å²) in [6.45, 7) is 4.32. The number of halogens is 1. The van der Waals surface area contributed by atoms with Crippen molar-refractivity contribution in [3.8, 4) is 0 Å². The Bertz CT molecular complexity index is 1260. The van der Waals surface area contributed by atoms with E-state index < -0.39 is 0 Å². The van der Waals surface area contributed by atoms with Crippen molar-refractivity contribution in [2.24, 2.45) is 0 Å². The van der Waals surface area contributed by atoms with Crippen molar-refractivity contribution in [2.45, 2.75) is 25.8 Å². The molecule has 0 aliphatic carbocycles. The number of carbonyl (C=O) groups is 1. The Kier molecular flexibility index (Phi) is 7.71. The minimum atomic E-state index is -0.0952. The highest BCUT2D eigenvalue weighted by molar-refractivity contribution is 6.30. The summed E-state index contributed by atoms with van der Waals surface area (Å²) >= 11 is 6.36. The number of rotatable bonds is 9. The van der Waals surface area contributed by atoms with Crippen molar-refractivity contribution >= 4 is 28.4 Å². The van der Waals surface area contributed by atoms with Gasteiger partial charge in [0.1, 0.15) is 0 Å². The molecule has 0 aliphatic heterocycles. The number of aryl methyl sites for hydroxylation is 1. The minimum absolute atomic E-state index is 0.0437. The van der Waals surface area contributed by atoms with E-state index in [4.69, 9.17) is 11.6 Å². The smallest absolute Gasteiger partial charge is 0.220 e. The summed E-state index contributed by atoms with van der Waals surface area (Å²) in [4.78, 5) is 15.0. The summed E-state index contributed by atoms with van der Waals surface area (Å²) < 4.78 is 2.29. The molecule has 0 bridgehead atoms. The number of nitrogens with zero attached hydrogens (tertiary/aromatic N) is 2. The lowest BCUT2D eigenvalue weighted by atomic mass is 9.88. The number of hydrogen-bond donors (Lipinski definition) is 1. The zero-order valence-corrected chi connectivity index (χ0v) is 20.8. The summed E-state index contributed by atoms with van der Waals surface area (Å²) in [5.41, 5.74) is 5.86. The summed E-state index contributed by atoms with van der Waals surface area (Å²) in [6.07, 6.45) is 2.58. The Hall–Kier alpha value is -3.08. The zero-order valence-electron chi connectivity index (χ0n) is 20.1. The summed E-state index contributed by atoms with van der Waals surface area (Å²) in [7, 11) is 4.01. The molecule has 3 aromatic carbocycles. The molecule has 1 atom stereocenters. The molecule has 176 valence electrons. The van der Waals surface area contributed by atoms with Crippen LogP contribution in [0.25, 0.3) is 10.9 Å². The van der Waals surface area contributed by atoms with Gasteiger partial charge in [-0.25, -0.2) is 0 Å². The average Bonchev–Trinajstić information content (AvgIpc) is 3.17. The fourth-order valence-corrected chi connectivity index (χ4v) is 4.58. The van der Waals surface area contributed by atoms with Crippen LogP contribution < -0.4 is 5.32 Å². The van der Waals surface area contributed by atoms with E-state index in [9.17, 15) is 4.79 Å². The van der Waals surface area contributed by atoms with Gasteiger partial charge in [0.15, 0.2) is 0 Å². The van der Waals surface area contributed by atoms with Gasteiger partial charge >= 0.3 is 0 Å². The number of hydrogen-bond acceptors (Lipinski definition) is 2. The van der Waals surface area contributed by atoms with E-state index in [0.29, 0.717) is 18.0 Å². The van der Waals surface area contributed by atoms with Gasteiger partial charge in [-0.15, -0.1) is 0 Å². The molecule has 1 N–H and O–H groups in total. The second-order valence-corrected chi connectivity index (χ2v) is 9.62. The Morgan fingerprint density at radius 3 is 2.53 bits per heavy atom. The Balaban J connectivity index is 1.71. The highest BCUT2D eigenvalue weighted by Crippen LogP contribution is 2.36. The largest absolute Gasteiger partial charge is 0.355 e. The number of fused-ring (bicyclic) bond motifs is 1. The van der Waals surface area contributed by atoms with Gasteiger partial charge in [-0.3, -0.25) is 4.79 Å². The number of carbonyl (C=O) groups excluding carboxylic acids is 1. The minimum Gasteiger partial charge on any atom is -0.355 e. The van der Waals surface area contributed by atoms with Gasteiger partial charge in [-0.1, -0.05) is 71.8 Å². The molecular formula is C29H32ClN3O. The third-order valence-electron chi connectivity index (χ3n) is 6.19. The van der Waals surface area contributed by atoms with Crippen LogP contribution in [0.1, 0.15) is 34.6 Å². The predicted octanol–water partition coefficient (Wildman–Crippen LogP) is 5.85. The average molecular weight is 474 g/mol. The highest BCUT2D eigenvalue weighted by Gasteiger charge is 2.23. The number of para-hydroxylation sites is 1. The SMILES string of the molecule is Cc1ccc(Cn2cc(C(CC(=O)NCCN(C)C)c3cccc(Cl)c3)c3ccccc32)cc1. The molecule has 4 aromatic rings. The van der Waals surface area contributed by atoms with Crippen molar-refractivity contribution < 1.29 is 4.79 Å². The number of benzene rings is 3. The third-order valence-corrected chi connectivity index (χ3v) is 6.43. The van der Waals surface area contributed by atoms with Crippen LogP contribution >= 0.6 is 11.6 Å². The number of aromatic nitrogens is 1.